The molecular formula is C10H10F3N3OS. The van der Waals surface area contributed by atoms with Crippen molar-refractivity contribution in [3.63, 3.8) is 0 Å². The average Bonchev–Trinajstić information content (AvgIpc) is 2.27. The van der Waals surface area contributed by atoms with Crippen molar-refractivity contribution in [3.05, 3.63) is 29.6 Å². The van der Waals surface area contributed by atoms with Crippen LogP contribution in [0.4, 0.5) is 13.2 Å². The number of halogens is 3. The van der Waals surface area contributed by atoms with Gasteiger partial charge >= 0.3 is 6.18 Å². The first-order valence-corrected chi connectivity index (χ1v) is 6.67. The molecule has 1 heterocycles. The van der Waals surface area contributed by atoms with Crippen molar-refractivity contribution in [3.8, 4) is 6.19 Å². The molecule has 4 nitrogen and oxygen atoms in total. The molecule has 1 rings (SSSR count). The van der Waals surface area contributed by atoms with Gasteiger partial charge < -0.3 is 0 Å². The molecule has 0 aliphatic carbocycles. The third-order valence-electron chi connectivity index (χ3n) is 2.29. The minimum absolute atomic E-state index is 0.269. The zero-order chi connectivity index (χ0) is 14.0. The zero-order valence-electron chi connectivity index (χ0n) is 9.58. The van der Waals surface area contributed by atoms with Crippen LogP contribution < -0.4 is 4.72 Å². The van der Waals surface area contributed by atoms with Gasteiger partial charge in [0.2, 0.25) is 0 Å². The second-order valence-corrected chi connectivity index (χ2v) is 6.05. The van der Waals surface area contributed by atoms with E-state index in [0.29, 0.717) is 5.56 Å². The summed E-state index contributed by atoms with van der Waals surface area (Å²) in [5.41, 5.74) is -0.729. The fourth-order valence-electron chi connectivity index (χ4n) is 1.16. The first-order valence-electron chi connectivity index (χ1n) is 4.70. The highest BCUT2D eigenvalue weighted by atomic mass is 32.2. The molecule has 18 heavy (non-hydrogen) atoms. The maximum Gasteiger partial charge on any atom is 0.433 e. The number of nitrogens with zero attached hydrogens (tertiary/aromatic N) is 2. The Morgan fingerprint density at radius 2 is 2.11 bits per heavy atom. The van der Waals surface area contributed by atoms with Gasteiger partial charge in [0, 0.05) is 22.9 Å². The highest BCUT2D eigenvalue weighted by molar-refractivity contribution is 8.00. The summed E-state index contributed by atoms with van der Waals surface area (Å²) in [5, 5.41) is 8.43. The lowest BCUT2D eigenvalue weighted by molar-refractivity contribution is -0.141. The Morgan fingerprint density at radius 3 is 2.50 bits per heavy atom. The highest BCUT2D eigenvalue weighted by Gasteiger charge is 2.32. The van der Waals surface area contributed by atoms with Gasteiger partial charge in [0.25, 0.3) is 0 Å². The lowest BCUT2D eigenvalue weighted by Crippen LogP contribution is -2.24. The number of hydrogen-bond acceptors (Lipinski definition) is 3. The molecule has 0 aliphatic heterocycles. The number of aromatic nitrogens is 1. The molecule has 1 aromatic rings. The van der Waals surface area contributed by atoms with Crippen LogP contribution in [0.5, 0.6) is 0 Å². The Labute approximate surface area is 103 Å². The van der Waals surface area contributed by atoms with E-state index in [4.69, 9.17) is 5.26 Å². The van der Waals surface area contributed by atoms with Crippen molar-refractivity contribution in [1.29, 1.82) is 5.26 Å². The molecule has 0 saturated heterocycles. The van der Waals surface area contributed by atoms with Crippen LogP contribution in [0, 0.1) is 11.5 Å². The van der Waals surface area contributed by atoms with E-state index < -0.39 is 21.6 Å². The number of rotatable bonds is 2. The van der Waals surface area contributed by atoms with Crippen LogP contribution in [-0.2, 0) is 15.9 Å². The molecule has 1 unspecified atom stereocenters. The second kappa shape index (κ2) is 4.86. The van der Waals surface area contributed by atoms with Gasteiger partial charge in [0.15, 0.2) is 6.19 Å². The van der Waals surface area contributed by atoms with E-state index in [9.17, 15) is 17.4 Å². The molecule has 0 aliphatic rings. The lowest BCUT2D eigenvalue weighted by atomic mass is 10.2. The van der Waals surface area contributed by atoms with Gasteiger partial charge in [-0.15, -0.1) is 0 Å². The molecule has 0 saturated carbocycles. The van der Waals surface area contributed by atoms with E-state index in [1.807, 2.05) is 0 Å². The fraction of sp³-hybridized carbons (Fsp3) is 0.300. The summed E-state index contributed by atoms with van der Waals surface area (Å²) >= 11 is 0. The van der Waals surface area contributed by atoms with Crippen molar-refractivity contribution < 1.29 is 17.4 Å². The van der Waals surface area contributed by atoms with E-state index in [0.717, 1.165) is 12.3 Å². The van der Waals surface area contributed by atoms with E-state index in [-0.39, 0.29) is 4.86 Å². The number of alkyl halides is 3. The molecule has 98 valence electrons. The number of nitriles is 1. The van der Waals surface area contributed by atoms with Crippen LogP contribution in [0.1, 0.15) is 18.2 Å². The van der Waals surface area contributed by atoms with Gasteiger partial charge in [-0.3, -0.25) is 4.98 Å². The molecule has 1 aromatic heterocycles. The third kappa shape index (κ3) is 3.13. The van der Waals surface area contributed by atoms with Crippen LogP contribution in [0.25, 0.3) is 0 Å². The Kier molecular flexibility index (Phi) is 3.86. The summed E-state index contributed by atoms with van der Waals surface area (Å²) in [6, 6.07) is 1.98. The maximum absolute atomic E-state index is 12.3. The normalized spacial score (nSPS) is 14.4. The van der Waals surface area contributed by atoms with Crippen LogP contribution >= 0.6 is 0 Å². The van der Waals surface area contributed by atoms with Crippen molar-refractivity contribution >= 4 is 14.6 Å². The molecule has 0 bridgehead atoms. The van der Waals surface area contributed by atoms with Gasteiger partial charge in [0.1, 0.15) is 5.69 Å². The van der Waals surface area contributed by atoms with E-state index in [2.05, 4.69) is 9.71 Å². The molecule has 8 heteroatoms. The topological polar surface area (TPSA) is 65.8 Å². The van der Waals surface area contributed by atoms with Gasteiger partial charge in [0.05, 0.1) is 9.71 Å². The quantitative estimate of drug-likeness (QED) is 0.386. The van der Waals surface area contributed by atoms with E-state index in [1.54, 1.807) is 6.19 Å². The Hall–Kier alpha value is -1.75. The second-order valence-electron chi connectivity index (χ2n) is 3.54. The summed E-state index contributed by atoms with van der Waals surface area (Å²) in [4.78, 5) is 3.53. The molecule has 0 spiro atoms. The number of hydrogen-bond donors (Lipinski definition) is 1. The van der Waals surface area contributed by atoms with Crippen LogP contribution in [-0.4, -0.2) is 20.3 Å². The highest BCUT2D eigenvalue weighted by Crippen LogP contribution is 2.27. The summed E-state index contributed by atoms with van der Waals surface area (Å²) in [5.74, 6) is 0. The maximum atomic E-state index is 12.3. The predicted octanol–water partition coefficient (Wildman–Crippen LogP) is 1.54. The Balaban J connectivity index is 3.23. The van der Waals surface area contributed by atoms with Gasteiger partial charge in [-0.25, -0.2) is 8.93 Å². The number of nitrogens with one attached hydrogen (secondary N) is 1. The standard InChI is InChI=1S/C10H10F3N3OS/c1-7(18(2,17)16-6-14)8-3-4-9(15-5-8)10(11,12)13/h3-5H,1-2H3,(H,16,17). The Morgan fingerprint density at radius 1 is 1.50 bits per heavy atom. The Bertz CT molecular complexity index is 592. The zero-order valence-corrected chi connectivity index (χ0v) is 10.4. The fourth-order valence-corrected chi connectivity index (χ4v) is 2.06. The average molecular weight is 277 g/mol. The molecule has 0 aromatic carbocycles. The van der Waals surface area contributed by atoms with Crippen molar-refractivity contribution in [1.82, 2.24) is 9.71 Å². The van der Waals surface area contributed by atoms with Gasteiger partial charge in [-0.2, -0.15) is 18.4 Å². The van der Waals surface area contributed by atoms with Crippen LogP contribution in [0.2, 0.25) is 0 Å². The molecule has 1 atom stereocenters. The third-order valence-corrected chi connectivity index (χ3v) is 4.17. The van der Waals surface area contributed by atoms with Crippen molar-refractivity contribution in [2.75, 3.05) is 6.26 Å². The lowest BCUT2D eigenvalue weighted by Gasteiger charge is -2.10. The molecular weight excluding hydrogens is 267 g/mol. The summed E-state index contributed by atoms with van der Waals surface area (Å²) in [6.07, 6.45) is -0.680. The summed E-state index contributed by atoms with van der Waals surface area (Å²) in [7, 11) is -2.78. The smallest absolute Gasteiger partial charge is 0.251 e. The minimum atomic E-state index is -4.51. The van der Waals surface area contributed by atoms with E-state index in [1.165, 1.54) is 19.2 Å². The molecule has 1 N–H and O–H groups in total. The van der Waals surface area contributed by atoms with E-state index >= 15 is 0 Å². The van der Waals surface area contributed by atoms with Gasteiger partial charge in [-0.05, 0) is 13.0 Å². The van der Waals surface area contributed by atoms with Crippen molar-refractivity contribution in [2.45, 2.75) is 13.1 Å². The van der Waals surface area contributed by atoms with Crippen LogP contribution in [0.3, 0.4) is 0 Å². The summed E-state index contributed by atoms with van der Waals surface area (Å²) < 4.78 is 50.9. The first-order chi connectivity index (χ1) is 8.18. The molecule has 0 radical (unpaired) electrons. The largest absolute Gasteiger partial charge is 0.433 e. The molecule has 0 amide bonds. The van der Waals surface area contributed by atoms with Crippen molar-refractivity contribution in [2.24, 2.45) is 0 Å². The predicted molar refractivity (Wildman–Crippen MR) is 61.8 cm³/mol. The van der Waals surface area contributed by atoms with Crippen LogP contribution in [0.15, 0.2) is 18.3 Å². The molecule has 0 fully saturated rings. The van der Waals surface area contributed by atoms with Gasteiger partial charge in [-0.1, -0.05) is 6.07 Å². The summed E-state index contributed by atoms with van der Waals surface area (Å²) in [6.45, 7) is 1.47. The number of pyridine rings is 1. The SMILES string of the molecule is CC(c1ccc(C(F)(F)F)nc1)=S(C)(=O)NC#N. The minimum Gasteiger partial charge on any atom is -0.251 e. The monoisotopic (exact) mass is 277 g/mol. The first kappa shape index (κ1) is 14.3.